The number of Topliss-reactive ketones (excluding diaryl/α,β-unsaturated/α-hetero) is 1. The zero-order valence-corrected chi connectivity index (χ0v) is 17.1. The van der Waals surface area contributed by atoms with Crippen molar-refractivity contribution in [2.75, 3.05) is 5.32 Å². The highest BCUT2D eigenvalue weighted by atomic mass is 32.2. The monoisotopic (exact) mass is 416 g/mol. The number of aryl methyl sites for hydroxylation is 1. The minimum absolute atomic E-state index is 0.146. The third-order valence-corrected chi connectivity index (χ3v) is 7.97. The molecule has 2 unspecified atom stereocenters. The average molecular weight is 416 g/mol. The van der Waals surface area contributed by atoms with Gasteiger partial charge in [0.25, 0.3) is 0 Å². The van der Waals surface area contributed by atoms with Gasteiger partial charge in [-0.2, -0.15) is 0 Å². The molecule has 1 amide bonds. The Labute approximate surface area is 169 Å². The van der Waals surface area contributed by atoms with Crippen molar-refractivity contribution in [1.29, 1.82) is 0 Å². The number of carbonyl (C=O) groups is 2. The zero-order chi connectivity index (χ0) is 20.6. The van der Waals surface area contributed by atoms with E-state index in [1.54, 1.807) is 37.3 Å². The van der Waals surface area contributed by atoms with Crippen LogP contribution in [0, 0.1) is 12.8 Å². The summed E-state index contributed by atoms with van der Waals surface area (Å²) in [5.41, 5.74) is 0.733. The van der Waals surface area contributed by atoms with E-state index in [-0.39, 0.29) is 22.9 Å². The summed E-state index contributed by atoms with van der Waals surface area (Å²) in [6.45, 7) is 1.74. The number of benzene rings is 1. The summed E-state index contributed by atoms with van der Waals surface area (Å²) in [5.74, 6) is 0.566. The van der Waals surface area contributed by atoms with Gasteiger partial charge in [-0.15, -0.1) is 0 Å². The summed E-state index contributed by atoms with van der Waals surface area (Å²) < 4.78 is 29.9. The first-order chi connectivity index (χ1) is 13.8. The molecule has 0 spiro atoms. The lowest BCUT2D eigenvalue weighted by Gasteiger charge is -2.20. The van der Waals surface area contributed by atoms with Gasteiger partial charge in [-0.3, -0.25) is 9.59 Å². The summed E-state index contributed by atoms with van der Waals surface area (Å²) in [6, 6.07) is 8.24. The minimum atomic E-state index is -3.27. The van der Waals surface area contributed by atoms with Crippen LogP contribution in [0.25, 0.3) is 0 Å². The molecule has 0 aliphatic heterocycles. The molecule has 2 saturated carbocycles. The van der Waals surface area contributed by atoms with Crippen molar-refractivity contribution in [2.45, 2.75) is 61.5 Å². The number of ketones is 1. The van der Waals surface area contributed by atoms with E-state index in [9.17, 15) is 18.0 Å². The smallest absolute Gasteiger partial charge is 0.233 e. The molecule has 2 fully saturated rings. The molecule has 2 aliphatic carbocycles. The fourth-order valence-electron chi connectivity index (χ4n) is 3.92. The van der Waals surface area contributed by atoms with Gasteiger partial charge in [-0.25, -0.2) is 8.42 Å². The minimum Gasteiger partial charge on any atom is -0.360 e. The van der Waals surface area contributed by atoms with Gasteiger partial charge >= 0.3 is 0 Å². The first kappa shape index (κ1) is 19.8. The summed E-state index contributed by atoms with van der Waals surface area (Å²) >= 11 is 0. The topological polar surface area (TPSA) is 106 Å². The molecule has 29 heavy (non-hydrogen) atoms. The molecule has 1 aromatic carbocycles. The molecular weight excluding hydrogens is 392 g/mol. The number of amides is 1. The summed E-state index contributed by atoms with van der Waals surface area (Å²) in [7, 11) is -3.27. The number of nitrogens with zero attached hydrogens (tertiary/aromatic N) is 1. The Morgan fingerprint density at radius 2 is 1.97 bits per heavy atom. The van der Waals surface area contributed by atoms with Gasteiger partial charge < -0.3 is 9.84 Å². The molecule has 2 atom stereocenters. The van der Waals surface area contributed by atoms with E-state index in [4.69, 9.17) is 4.52 Å². The lowest BCUT2D eigenvalue weighted by Crippen LogP contribution is -2.23. The molecule has 4 rings (SSSR count). The van der Waals surface area contributed by atoms with Gasteiger partial charge in [0.15, 0.2) is 15.7 Å². The van der Waals surface area contributed by atoms with Crippen molar-refractivity contribution >= 4 is 27.3 Å². The molecule has 2 aliphatic rings. The molecule has 154 valence electrons. The molecule has 1 heterocycles. The van der Waals surface area contributed by atoms with E-state index in [0.717, 1.165) is 12.0 Å². The number of hydrogen-bond acceptors (Lipinski definition) is 6. The maximum absolute atomic E-state index is 13.0. The van der Waals surface area contributed by atoms with Crippen LogP contribution in [-0.4, -0.2) is 30.5 Å². The van der Waals surface area contributed by atoms with Crippen molar-refractivity contribution in [2.24, 2.45) is 5.92 Å². The quantitative estimate of drug-likeness (QED) is 0.741. The van der Waals surface area contributed by atoms with Crippen molar-refractivity contribution in [3.63, 3.8) is 0 Å². The number of nitrogens with one attached hydrogen (secondary N) is 1. The summed E-state index contributed by atoms with van der Waals surface area (Å²) in [5, 5.41) is 6.31. The second kappa shape index (κ2) is 7.74. The second-order valence-electron chi connectivity index (χ2n) is 8.06. The first-order valence-corrected chi connectivity index (χ1v) is 11.5. The predicted molar refractivity (Wildman–Crippen MR) is 106 cm³/mol. The van der Waals surface area contributed by atoms with Crippen LogP contribution in [0.5, 0.6) is 0 Å². The van der Waals surface area contributed by atoms with Gasteiger partial charge in [0.1, 0.15) is 11.5 Å². The highest BCUT2D eigenvalue weighted by Gasteiger charge is 2.37. The maximum atomic E-state index is 13.0. The highest BCUT2D eigenvalue weighted by Crippen LogP contribution is 2.36. The normalized spacial score (nSPS) is 20.6. The summed E-state index contributed by atoms with van der Waals surface area (Å²) in [4.78, 5) is 25.0. The molecule has 1 N–H and O–H groups in total. The van der Waals surface area contributed by atoms with E-state index in [1.165, 1.54) is 0 Å². The standard InChI is InChI=1S/C21H24N2O5S/c1-13-10-20(23-28-13)22-21(25)19(12-14-2-5-16(24)11-14)15-3-6-17(7-4-15)29(26,27)18-8-9-18/h3-4,6-7,10,14,18-19H,2,5,8-9,11-12H2,1H3,(H,22,23,25). The SMILES string of the molecule is Cc1cc(NC(=O)C(CC2CCC(=O)C2)c2ccc(S(=O)(=O)C3CC3)cc2)no1. The Bertz CT molecular complexity index is 1020. The lowest BCUT2D eigenvalue weighted by atomic mass is 9.87. The largest absolute Gasteiger partial charge is 0.360 e. The van der Waals surface area contributed by atoms with Crippen LogP contribution >= 0.6 is 0 Å². The Hall–Kier alpha value is -2.48. The number of hydrogen-bond donors (Lipinski definition) is 1. The van der Waals surface area contributed by atoms with Crippen LogP contribution in [0.3, 0.4) is 0 Å². The Morgan fingerprint density at radius 1 is 1.24 bits per heavy atom. The molecule has 0 radical (unpaired) electrons. The fraction of sp³-hybridized carbons (Fsp3) is 0.476. The van der Waals surface area contributed by atoms with E-state index in [2.05, 4.69) is 10.5 Å². The molecule has 7 nitrogen and oxygen atoms in total. The zero-order valence-electron chi connectivity index (χ0n) is 16.3. The second-order valence-corrected chi connectivity index (χ2v) is 10.3. The first-order valence-electron chi connectivity index (χ1n) is 9.92. The number of rotatable bonds is 7. The number of anilines is 1. The number of aromatic nitrogens is 1. The van der Waals surface area contributed by atoms with Crippen LogP contribution in [0.15, 0.2) is 39.8 Å². The number of carbonyl (C=O) groups excluding carboxylic acids is 2. The fourth-order valence-corrected chi connectivity index (χ4v) is 5.58. The van der Waals surface area contributed by atoms with Crippen LogP contribution in [0.1, 0.15) is 55.8 Å². The van der Waals surface area contributed by atoms with E-state index in [0.29, 0.717) is 48.6 Å². The Kier molecular flexibility index (Phi) is 5.29. The molecule has 2 aromatic rings. The van der Waals surface area contributed by atoms with Gasteiger partial charge in [-0.05, 0) is 56.2 Å². The maximum Gasteiger partial charge on any atom is 0.233 e. The van der Waals surface area contributed by atoms with Gasteiger partial charge in [-0.1, -0.05) is 17.3 Å². The van der Waals surface area contributed by atoms with Gasteiger partial charge in [0.05, 0.1) is 16.1 Å². The predicted octanol–water partition coefficient (Wildman–Crippen LogP) is 3.40. The molecule has 0 bridgehead atoms. The number of sulfone groups is 1. The van der Waals surface area contributed by atoms with Crippen LogP contribution in [0.4, 0.5) is 5.82 Å². The Morgan fingerprint density at radius 3 is 2.52 bits per heavy atom. The van der Waals surface area contributed by atoms with Crippen molar-refractivity contribution in [1.82, 2.24) is 5.16 Å². The molecular formula is C21H24N2O5S. The lowest BCUT2D eigenvalue weighted by molar-refractivity contribution is -0.119. The van der Waals surface area contributed by atoms with Gasteiger partial charge in [0, 0.05) is 18.9 Å². The highest BCUT2D eigenvalue weighted by molar-refractivity contribution is 7.92. The van der Waals surface area contributed by atoms with Crippen molar-refractivity contribution < 1.29 is 22.5 Å². The van der Waals surface area contributed by atoms with E-state index in [1.807, 2.05) is 0 Å². The van der Waals surface area contributed by atoms with Crippen LogP contribution < -0.4 is 5.32 Å². The van der Waals surface area contributed by atoms with Gasteiger partial charge in [0.2, 0.25) is 5.91 Å². The van der Waals surface area contributed by atoms with Crippen LogP contribution in [-0.2, 0) is 19.4 Å². The molecule has 1 aromatic heterocycles. The van der Waals surface area contributed by atoms with E-state index >= 15 is 0 Å². The van der Waals surface area contributed by atoms with Crippen LogP contribution in [0.2, 0.25) is 0 Å². The third kappa shape index (κ3) is 4.42. The molecule has 0 saturated heterocycles. The van der Waals surface area contributed by atoms with Crippen molar-refractivity contribution in [3.05, 3.63) is 41.7 Å². The van der Waals surface area contributed by atoms with E-state index < -0.39 is 15.8 Å². The Balaban J connectivity index is 1.56. The average Bonchev–Trinajstić information content (AvgIpc) is 3.37. The third-order valence-electron chi connectivity index (χ3n) is 5.69. The van der Waals surface area contributed by atoms with Crippen molar-refractivity contribution in [3.8, 4) is 0 Å². The molecule has 8 heteroatoms. The summed E-state index contributed by atoms with van der Waals surface area (Å²) in [6.07, 6.45) is 3.77.